The van der Waals surface area contributed by atoms with Crippen molar-refractivity contribution in [2.45, 2.75) is 92.2 Å². The Bertz CT molecular complexity index is 2590. The van der Waals surface area contributed by atoms with E-state index >= 15 is 0 Å². The molecule has 4 aromatic carbocycles. The highest BCUT2D eigenvalue weighted by Gasteiger charge is 2.36. The first-order valence-corrected chi connectivity index (χ1v) is 20.4. The maximum Gasteiger partial charge on any atom is 0.419 e. The van der Waals surface area contributed by atoms with E-state index in [0.29, 0.717) is 41.1 Å². The molecule has 19 heteroatoms. The van der Waals surface area contributed by atoms with E-state index in [9.17, 15) is 35.9 Å². The smallest absolute Gasteiger partial charge is 0.419 e. The topological polar surface area (TPSA) is 158 Å². The molecule has 66 heavy (non-hydrogen) atoms. The molecule has 0 spiro atoms. The molecule has 0 bridgehead atoms. The second-order valence-electron chi connectivity index (χ2n) is 15.0. The van der Waals surface area contributed by atoms with Gasteiger partial charge in [-0.3, -0.25) is 4.79 Å². The van der Waals surface area contributed by atoms with Gasteiger partial charge in [-0.1, -0.05) is 10.3 Å². The zero-order chi connectivity index (χ0) is 48.3. The van der Waals surface area contributed by atoms with Crippen LogP contribution in [0.1, 0.15) is 66.5 Å². The molecule has 2 heterocycles. The van der Waals surface area contributed by atoms with Gasteiger partial charge in [0.2, 0.25) is 11.6 Å². The molecule has 0 unspecified atom stereocenters. The van der Waals surface area contributed by atoms with Gasteiger partial charge < -0.3 is 32.7 Å². The van der Waals surface area contributed by atoms with Gasteiger partial charge in [0, 0.05) is 27.8 Å². The molecule has 0 radical (unpaired) electrons. The van der Waals surface area contributed by atoms with Crippen molar-refractivity contribution in [3.05, 3.63) is 108 Å². The highest BCUT2D eigenvalue weighted by Crippen LogP contribution is 2.40. The van der Waals surface area contributed by atoms with E-state index in [1.165, 1.54) is 24.3 Å². The second-order valence-corrected chi connectivity index (χ2v) is 15.0. The minimum Gasteiger partial charge on any atom is -0.490 e. The van der Waals surface area contributed by atoms with Crippen LogP contribution in [0, 0.1) is 0 Å². The Hall–Kier alpha value is -7.18. The summed E-state index contributed by atoms with van der Waals surface area (Å²) in [4.78, 5) is 30.8. The highest BCUT2D eigenvalue weighted by atomic mass is 19.4. The number of esters is 1. The molecule has 0 fully saturated rings. The van der Waals surface area contributed by atoms with E-state index in [4.69, 9.17) is 32.7 Å². The molecule has 0 N–H and O–H groups in total. The minimum atomic E-state index is -4.61. The average Bonchev–Trinajstić information content (AvgIpc) is 3.95. The quantitative estimate of drug-likeness (QED) is 0.0391. The Morgan fingerprint density at radius 1 is 0.606 bits per heavy atom. The summed E-state index contributed by atoms with van der Waals surface area (Å²) in [5.74, 6) is 0.395. The van der Waals surface area contributed by atoms with E-state index in [2.05, 4.69) is 20.3 Å². The summed E-state index contributed by atoms with van der Waals surface area (Å²) in [7, 11) is 0. The maximum absolute atomic E-state index is 13.6. The molecule has 2 aromatic heterocycles. The number of hydrogen-bond acceptors (Lipinski definition) is 13. The van der Waals surface area contributed by atoms with Crippen molar-refractivity contribution in [1.29, 1.82) is 0 Å². The van der Waals surface area contributed by atoms with Gasteiger partial charge in [0.05, 0.1) is 29.9 Å². The van der Waals surface area contributed by atoms with Crippen LogP contribution >= 0.6 is 0 Å². The van der Waals surface area contributed by atoms with Gasteiger partial charge in [-0.15, -0.1) is 0 Å². The fraction of sp³-hybridized carbons (Fsp3) is 0.319. The lowest BCUT2D eigenvalue weighted by molar-refractivity contribution is -0.140. The van der Waals surface area contributed by atoms with Crippen molar-refractivity contribution in [2.75, 3.05) is 6.61 Å². The molecule has 0 aliphatic carbocycles. The van der Waals surface area contributed by atoms with E-state index in [1.54, 1.807) is 110 Å². The van der Waals surface area contributed by atoms with Crippen molar-refractivity contribution in [1.82, 2.24) is 20.3 Å². The predicted molar refractivity (Wildman–Crippen MR) is 229 cm³/mol. The van der Waals surface area contributed by atoms with Crippen LogP contribution < -0.4 is 18.9 Å². The van der Waals surface area contributed by atoms with Gasteiger partial charge in [-0.05, 0) is 146 Å². The summed E-state index contributed by atoms with van der Waals surface area (Å²) >= 11 is 0. The molecule has 0 aliphatic rings. The molecule has 6 aromatic rings. The maximum atomic E-state index is 13.6. The van der Waals surface area contributed by atoms with Crippen molar-refractivity contribution in [3.63, 3.8) is 0 Å². The van der Waals surface area contributed by atoms with Gasteiger partial charge in [-0.2, -0.15) is 36.3 Å². The van der Waals surface area contributed by atoms with E-state index < -0.39 is 47.8 Å². The summed E-state index contributed by atoms with van der Waals surface area (Å²) in [6.45, 7) is 13.7. The van der Waals surface area contributed by atoms with Crippen LogP contribution in [0.3, 0.4) is 0 Å². The lowest BCUT2D eigenvalue weighted by Gasteiger charge is -2.16. The molecule has 0 amide bonds. The first-order valence-electron chi connectivity index (χ1n) is 20.4. The fourth-order valence-electron chi connectivity index (χ4n) is 5.92. The number of alkyl halides is 6. The number of rotatable bonds is 16. The van der Waals surface area contributed by atoms with Crippen molar-refractivity contribution < 1.29 is 68.7 Å². The largest absolute Gasteiger partial charge is 0.490 e. The summed E-state index contributed by atoms with van der Waals surface area (Å²) < 4.78 is 118. The Kier molecular flexibility index (Phi) is 16.4. The summed E-state index contributed by atoms with van der Waals surface area (Å²) in [5, 5.41) is 7.62. The molecule has 0 saturated heterocycles. The zero-order valence-corrected chi connectivity index (χ0v) is 37.0. The first-order chi connectivity index (χ1) is 31.1. The Balaban J connectivity index is 0.000000251. The molecule has 0 aliphatic heterocycles. The van der Waals surface area contributed by atoms with Crippen molar-refractivity contribution in [2.24, 2.45) is 0 Å². The molecule has 0 saturated carbocycles. The van der Waals surface area contributed by atoms with Gasteiger partial charge in [0.25, 0.3) is 11.8 Å². The standard InChI is InChI=1S/C26H27F3N2O5.C21H19F3N2O4/c1-6-33-25(32)16(4)13-17(5)35-20-10-7-18(8-11-20)24-30-23(31-36-24)19-9-12-22(34-15(2)3)21(14-19)26(27,28)29;1-12(2)28-18-9-6-15(10-17(18)21(22,23)24)19-25-20(30-26-19)14-4-7-16(8-5-14)29-13(3)11-27/h7-15,17H,6H2,1-5H3;4-13H,1-3H3/b16-13+;/t17-;13-/m11/s1. The van der Waals surface area contributed by atoms with Crippen molar-refractivity contribution >= 4 is 12.3 Å². The number of halogens is 6. The summed E-state index contributed by atoms with van der Waals surface area (Å²) in [6, 6.07) is 20.5. The van der Waals surface area contributed by atoms with Crippen LogP contribution in [0.25, 0.3) is 45.7 Å². The molecule has 13 nitrogen and oxygen atoms in total. The average molecular weight is 925 g/mol. The van der Waals surface area contributed by atoms with Crippen LogP contribution in [0.15, 0.2) is 106 Å². The third kappa shape index (κ3) is 13.7. The molecular formula is C47H46F6N4O9. The van der Waals surface area contributed by atoms with Gasteiger partial charge in [0.15, 0.2) is 12.4 Å². The van der Waals surface area contributed by atoms with Crippen LogP contribution in [0.2, 0.25) is 0 Å². The van der Waals surface area contributed by atoms with Crippen LogP contribution in [-0.4, -0.2) is 63.6 Å². The molecule has 2 atom stereocenters. The Morgan fingerprint density at radius 2 is 1.00 bits per heavy atom. The monoisotopic (exact) mass is 924 g/mol. The van der Waals surface area contributed by atoms with Gasteiger partial charge >= 0.3 is 18.3 Å². The molecular weight excluding hydrogens is 879 g/mol. The Labute approximate surface area is 375 Å². The number of carbonyl (C=O) groups is 2. The number of carbonyl (C=O) groups excluding carboxylic acids is 2. The van der Waals surface area contributed by atoms with Crippen molar-refractivity contribution in [3.8, 4) is 68.7 Å². The summed E-state index contributed by atoms with van der Waals surface area (Å²) in [6.07, 6.45) is -8.67. The van der Waals surface area contributed by atoms with E-state index in [-0.39, 0.29) is 52.2 Å². The number of aromatic nitrogens is 4. The highest BCUT2D eigenvalue weighted by molar-refractivity contribution is 5.87. The van der Waals surface area contributed by atoms with Gasteiger partial charge in [-0.25, -0.2) is 4.79 Å². The van der Waals surface area contributed by atoms with Crippen LogP contribution in [0.4, 0.5) is 26.3 Å². The van der Waals surface area contributed by atoms with Crippen LogP contribution in [-0.2, 0) is 26.7 Å². The number of hydrogen-bond donors (Lipinski definition) is 0. The number of ether oxygens (including phenoxy) is 5. The molecule has 6 rings (SSSR count). The summed E-state index contributed by atoms with van der Waals surface area (Å²) in [5.41, 5.74) is 0.0169. The minimum absolute atomic E-state index is 0.0140. The third-order valence-corrected chi connectivity index (χ3v) is 8.78. The number of nitrogens with zero attached hydrogens (tertiary/aromatic N) is 4. The first kappa shape index (κ1) is 49.8. The zero-order valence-electron chi connectivity index (χ0n) is 37.0. The lowest BCUT2D eigenvalue weighted by atomic mass is 10.1. The predicted octanol–water partition coefficient (Wildman–Crippen LogP) is 11.7. The fourth-order valence-corrected chi connectivity index (χ4v) is 5.92. The third-order valence-electron chi connectivity index (χ3n) is 8.78. The normalized spacial score (nSPS) is 12.8. The van der Waals surface area contributed by atoms with E-state index in [0.717, 1.165) is 12.1 Å². The van der Waals surface area contributed by atoms with Gasteiger partial charge in [0.1, 0.15) is 29.1 Å². The van der Waals surface area contributed by atoms with E-state index in [1.807, 2.05) is 0 Å². The molecule has 350 valence electrons. The Morgan fingerprint density at radius 3 is 1.36 bits per heavy atom. The second kappa shape index (κ2) is 21.7. The number of aldehydes is 1. The number of benzene rings is 4. The lowest BCUT2D eigenvalue weighted by Crippen LogP contribution is -2.13. The van der Waals surface area contributed by atoms with Crippen LogP contribution in [0.5, 0.6) is 23.0 Å². The SMILES string of the molecule is CC(C)Oc1ccc(-c2noc(-c3ccc(O[C@H](C)C=O)cc3)n2)cc1C(F)(F)F.CCOC(=O)/C(C)=C/[C@@H](C)Oc1ccc(-c2nc(-c3ccc(OC(C)C)c(C(F)(F)F)c3)no2)cc1.